The fraction of sp³-hybridized carbons (Fsp3) is 0.300. The summed E-state index contributed by atoms with van der Waals surface area (Å²) in [4.78, 5) is 36.8. The van der Waals surface area contributed by atoms with Crippen LogP contribution in [0.4, 0.5) is 10.3 Å². The van der Waals surface area contributed by atoms with Gasteiger partial charge in [0.25, 0.3) is 5.91 Å². The van der Waals surface area contributed by atoms with Crippen molar-refractivity contribution in [3.63, 3.8) is 0 Å². The molecule has 1 aliphatic heterocycles. The number of nitrogens with zero attached hydrogens (tertiary/aromatic N) is 3. The maximum Gasteiger partial charge on any atom is 0.257 e. The van der Waals surface area contributed by atoms with Crippen LogP contribution in [0.15, 0.2) is 40.3 Å². The lowest BCUT2D eigenvalue weighted by Crippen LogP contribution is -2.33. The average Bonchev–Trinajstić information content (AvgIpc) is 3.44. The predicted molar refractivity (Wildman–Crippen MR) is 123 cm³/mol. The highest BCUT2D eigenvalue weighted by atomic mass is 79.9. The van der Waals surface area contributed by atoms with Crippen LogP contribution in [0, 0.1) is 6.92 Å². The molecule has 1 atom stereocenters. The van der Waals surface area contributed by atoms with Crippen molar-refractivity contribution in [2.75, 3.05) is 23.7 Å². The zero-order valence-corrected chi connectivity index (χ0v) is 19.4. The van der Waals surface area contributed by atoms with Gasteiger partial charge in [-0.2, -0.15) is 0 Å². The van der Waals surface area contributed by atoms with Gasteiger partial charge in [-0.3, -0.25) is 19.8 Å². The number of likely N-dealkylation sites (tertiary alicyclic amines) is 1. The Morgan fingerprint density at radius 1 is 1.23 bits per heavy atom. The molecule has 156 valence electrons. The number of anilines is 2. The highest BCUT2D eigenvalue weighted by Crippen LogP contribution is 2.33. The number of halogens is 1. The molecular formula is C20H20BrN5O2S2. The van der Waals surface area contributed by atoms with Gasteiger partial charge in [0.15, 0.2) is 10.3 Å². The summed E-state index contributed by atoms with van der Waals surface area (Å²) >= 11 is 6.23. The molecule has 1 aliphatic rings. The van der Waals surface area contributed by atoms with Gasteiger partial charge >= 0.3 is 0 Å². The number of thiazole rings is 2. The van der Waals surface area contributed by atoms with Crippen molar-refractivity contribution in [3.05, 3.63) is 56.4 Å². The second kappa shape index (κ2) is 9.34. The fourth-order valence-corrected chi connectivity index (χ4v) is 5.07. The minimum atomic E-state index is -0.190. The molecule has 4 rings (SSSR count). The van der Waals surface area contributed by atoms with Crippen LogP contribution in [0.5, 0.6) is 0 Å². The molecule has 1 saturated heterocycles. The van der Waals surface area contributed by atoms with E-state index in [-0.39, 0.29) is 17.9 Å². The fourth-order valence-electron chi connectivity index (χ4n) is 3.37. The van der Waals surface area contributed by atoms with E-state index in [0.717, 1.165) is 34.4 Å². The number of aromatic nitrogens is 2. The molecule has 0 unspecified atom stereocenters. The van der Waals surface area contributed by atoms with Gasteiger partial charge in [-0.1, -0.05) is 15.9 Å². The summed E-state index contributed by atoms with van der Waals surface area (Å²) in [5.41, 5.74) is 1.47. The van der Waals surface area contributed by atoms with E-state index in [1.807, 2.05) is 24.4 Å². The third kappa shape index (κ3) is 5.12. The van der Waals surface area contributed by atoms with Crippen LogP contribution < -0.4 is 10.6 Å². The Morgan fingerprint density at radius 2 is 2.03 bits per heavy atom. The number of benzene rings is 1. The quantitative estimate of drug-likeness (QED) is 0.506. The van der Waals surface area contributed by atoms with Gasteiger partial charge in [0.05, 0.1) is 18.3 Å². The van der Waals surface area contributed by atoms with E-state index in [1.54, 1.807) is 18.3 Å². The van der Waals surface area contributed by atoms with E-state index in [1.165, 1.54) is 22.7 Å². The molecule has 0 radical (unpaired) electrons. The van der Waals surface area contributed by atoms with Crippen LogP contribution >= 0.6 is 38.6 Å². The lowest BCUT2D eigenvalue weighted by Gasteiger charge is -2.22. The van der Waals surface area contributed by atoms with Gasteiger partial charge in [0.2, 0.25) is 5.91 Å². The molecule has 2 N–H and O–H groups in total. The Labute approximate surface area is 190 Å². The molecule has 10 heteroatoms. The van der Waals surface area contributed by atoms with E-state index >= 15 is 0 Å². The third-order valence-electron chi connectivity index (χ3n) is 4.77. The monoisotopic (exact) mass is 505 g/mol. The molecule has 1 fully saturated rings. The van der Waals surface area contributed by atoms with E-state index in [4.69, 9.17) is 0 Å². The van der Waals surface area contributed by atoms with E-state index in [0.29, 0.717) is 22.4 Å². The van der Waals surface area contributed by atoms with Gasteiger partial charge in [0, 0.05) is 26.5 Å². The van der Waals surface area contributed by atoms with E-state index in [9.17, 15) is 9.59 Å². The average molecular weight is 506 g/mol. The molecule has 2 amide bonds. The van der Waals surface area contributed by atoms with Crippen molar-refractivity contribution in [1.29, 1.82) is 0 Å². The van der Waals surface area contributed by atoms with Gasteiger partial charge < -0.3 is 5.32 Å². The molecule has 0 saturated carbocycles. The minimum absolute atomic E-state index is 0.0726. The first-order valence-corrected chi connectivity index (χ1v) is 12.0. The summed E-state index contributed by atoms with van der Waals surface area (Å²) in [6.07, 6.45) is 3.69. The highest BCUT2D eigenvalue weighted by molar-refractivity contribution is 9.10. The zero-order chi connectivity index (χ0) is 21.1. The summed E-state index contributed by atoms with van der Waals surface area (Å²) in [5, 5.41) is 8.87. The normalized spacial score (nSPS) is 16.5. The number of aryl methyl sites for hydroxylation is 1. The van der Waals surface area contributed by atoms with Crippen LogP contribution in [0.25, 0.3) is 0 Å². The molecular weight excluding hydrogens is 486 g/mol. The number of carbonyl (C=O) groups is 2. The lowest BCUT2D eigenvalue weighted by atomic mass is 10.2. The summed E-state index contributed by atoms with van der Waals surface area (Å²) in [6, 6.07) is 7.25. The maximum absolute atomic E-state index is 12.4. The molecule has 0 spiro atoms. The number of nitrogens with one attached hydrogen (secondary N) is 2. The van der Waals surface area contributed by atoms with Gasteiger partial charge in [-0.05, 0) is 50.6 Å². The van der Waals surface area contributed by atoms with Crippen molar-refractivity contribution in [2.24, 2.45) is 0 Å². The summed E-state index contributed by atoms with van der Waals surface area (Å²) in [5.74, 6) is -0.264. The molecule has 7 nitrogen and oxygen atoms in total. The first-order valence-electron chi connectivity index (χ1n) is 9.46. The smallest absolute Gasteiger partial charge is 0.257 e. The SMILES string of the molecule is Cc1cnc(NC(=O)CN2CCC[C@H]2c2csc(NC(=O)c3ccc(Br)cc3)n2)s1. The second-order valence-electron chi connectivity index (χ2n) is 6.99. The Hall–Kier alpha value is -2.14. The van der Waals surface area contributed by atoms with Crippen molar-refractivity contribution < 1.29 is 9.59 Å². The van der Waals surface area contributed by atoms with Crippen molar-refractivity contribution in [1.82, 2.24) is 14.9 Å². The molecule has 2 aromatic heterocycles. The third-order valence-corrected chi connectivity index (χ3v) is 6.90. The highest BCUT2D eigenvalue weighted by Gasteiger charge is 2.29. The van der Waals surface area contributed by atoms with Crippen LogP contribution in [-0.4, -0.2) is 39.8 Å². The number of rotatable bonds is 6. The Morgan fingerprint density at radius 3 is 2.77 bits per heavy atom. The van der Waals surface area contributed by atoms with Crippen LogP contribution in [-0.2, 0) is 4.79 Å². The number of amides is 2. The van der Waals surface area contributed by atoms with Crippen LogP contribution in [0.3, 0.4) is 0 Å². The van der Waals surface area contributed by atoms with Gasteiger partial charge in [-0.25, -0.2) is 9.97 Å². The lowest BCUT2D eigenvalue weighted by molar-refractivity contribution is -0.117. The first kappa shape index (κ1) is 21.1. The number of hydrogen-bond donors (Lipinski definition) is 2. The Kier molecular flexibility index (Phi) is 6.57. The van der Waals surface area contributed by atoms with Crippen molar-refractivity contribution in [2.45, 2.75) is 25.8 Å². The largest absolute Gasteiger partial charge is 0.301 e. The Balaban J connectivity index is 1.37. The molecule has 3 aromatic rings. The second-order valence-corrected chi connectivity index (χ2v) is 10.00. The van der Waals surface area contributed by atoms with Crippen LogP contribution in [0.1, 0.15) is 39.8 Å². The molecule has 3 heterocycles. The van der Waals surface area contributed by atoms with Gasteiger partial charge in [0.1, 0.15) is 0 Å². The standard InChI is InChI=1S/C20H20BrN5O2S2/c1-12-9-22-19(30-12)24-17(27)10-26-8-2-3-16(26)15-11-29-20(23-15)25-18(28)13-4-6-14(21)7-5-13/h4-7,9,11,16H,2-3,8,10H2,1H3,(H,22,24,27)(H,23,25,28)/t16-/m0/s1. The van der Waals surface area contributed by atoms with Gasteiger partial charge in [-0.15, -0.1) is 22.7 Å². The predicted octanol–water partition coefficient (Wildman–Crippen LogP) is 4.70. The van der Waals surface area contributed by atoms with Crippen molar-refractivity contribution in [3.8, 4) is 0 Å². The topological polar surface area (TPSA) is 87.2 Å². The first-order chi connectivity index (χ1) is 14.5. The maximum atomic E-state index is 12.4. The molecule has 1 aromatic carbocycles. The minimum Gasteiger partial charge on any atom is -0.301 e. The van der Waals surface area contributed by atoms with Crippen LogP contribution in [0.2, 0.25) is 0 Å². The van der Waals surface area contributed by atoms with E-state index in [2.05, 4.69) is 41.4 Å². The molecule has 0 bridgehead atoms. The summed E-state index contributed by atoms with van der Waals surface area (Å²) < 4.78 is 0.922. The molecule has 30 heavy (non-hydrogen) atoms. The summed E-state index contributed by atoms with van der Waals surface area (Å²) in [6.45, 7) is 3.09. The van der Waals surface area contributed by atoms with E-state index < -0.39 is 0 Å². The zero-order valence-electron chi connectivity index (χ0n) is 16.2. The number of hydrogen-bond acceptors (Lipinski definition) is 7. The van der Waals surface area contributed by atoms with Crippen molar-refractivity contribution >= 4 is 60.7 Å². The number of carbonyl (C=O) groups excluding carboxylic acids is 2. The molecule has 0 aliphatic carbocycles. The summed E-state index contributed by atoms with van der Waals surface area (Å²) in [7, 11) is 0. The Bertz CT molecular complexity index is 1050.